The lowest BCUT2D eigenvalue weighted by molar-refractivity contribution is 0.165. The van der Waals surface area contributed by atoms with Crippen LogP contribution in [0.3, 0.4) is 0 Å². The maximum atomic E-state index is 12.6. The highest BCUT2D eigenvalue weighted by atomic mass is 32.2. The molecule has 132 valence electrons. The van der Waals surface area contributed by atoms with Gasteiger partial charge in [0.1, 0.15) is 4.21 Å². The molecule has 0 saturated carbocycles. The Hall–Kier alpha value is -0.730. The SMILES string of the molecule is CCc1ccc(S(=O)(=O)NCC(c2ccsc2)N2CCCCC2)s1. The van der Waals surface area contributed by atoms with Crippen LogP contribution in [0.25, 0.3) is 0 Å². The lowest BCUT2D eigenvalue weighted by Crippen LogP contribution is -2.40. The topological polar surface area (TPSA) is 49.4 Å². The van der Waals surface area contributed by atoms with Crippen molar-refractivity contribution < 1.29 is 8.42 Å². The lowest BCUT2D eigenvalue weighted by atomic mass is 10.0. The first kappa shape index (κ1) is 18.1. The Morgan fingerprint density at radius 1 is 1.21 bits per heavy atom. The van der Waals surface area contributed by atoms with Gasteiger partial charge in [-0.15, -0.1) is 11.3 Å². The minimum absolute atomic E-state index is 0.122. The summed E-state index contributed by atoms with van der Waals surface area (Å²) >= 11 is 3.03. The number of sulfonamides is 1. The molecule has 2 aromatic heterocycles. The Balaban J connectivity index is 1.73. The van der Waals surface area contributed by atoms with E-state index >= 15 is 0 Å². The maximum absolute atomic E-state index is 12.6. The molecule has 1 atom stereocenters. The third-order valence-corrected chi connectivity index (χ3v) is 8.32. The first-order valence-corrected chi connectivity index (χ1v) is 11.7. The number of rotatable bonds is 7. The number of likely N-dealkylation sites (tertiary alicyclic amines) is 1. The number of piperidine rings is 1. The summed E-state index contributed by atoms with van der Waals surface area (Å²) in [6, 6.07) is 5.85. The van der Waals surface area contributed by atoms with Crippen molar-refractivity contribution in [1.29, 1.82) is 0 Å². The van der Waals surface area contributed by atoms with E-state index in [2.05, 4.69) is 26.4 Å². The highest BCUT2D eigenvalue weighted by Gasteiger charge is 2.25. The molecule has 1 unspecified atom stereocenters. The van der Waals surface area contributed by atoms with Crippen molar-refractivity contribution in [2.45, 2.75) is 42.9 Å². The monoisotopic (exact) mass is 384 g/mol. The van der Waals surface area contributed by atoms with E-state index < -0.39 is 10.0 Å². The molecule has 1 aliphatic rings. The predicted molar refractivity (Wildman–Crippen MR) is 101 cm³/mol. The van der Waals surface area contributed by atoms with Gasteiger partial charge in [-0.05, 0) is 66.9 Å². The normalized spacial score (nSPS) is 17.9. The number of nitrogens with zero attached hydrogens (tertiary/aromatic N) is 1. The molecule has 1 saturated heterocycles. The summed E-state index contributed by atoms with van der Waals surface area (Å²) in [5, 5.41) is 4.20. The number of hydrogen-bond donors (Lipinski definition) is 1. The molecule has 0 amide bonds. The predicted octanol–water partition coefficient (Wildman–Crippen LogP) is 3.88. The van der Waals surface area contributed by atoms with Crippen LogP contribution in [-0.4, -0.2) is 33.0 Å². The van der Waals surface area contributed by atoms with E-state index in [0.29, 0.717) is 10.8 Å². The number of nitrogens with one attached hydrogen (secondary N) is 1. The largest absolute Gasteiger partial charge is 0.295 e. The second-order valence-electron chi connectivity index (χ2n) is 6.10. The van der Waals surface area contributed by atoms with Gasteiger partial charge in [-0.3, -0.25) is 4.90 Å². The molecule has 1 fully saturated rings. The minimum atomic E-state index is -3.43. The molecule has 0 aromatic carbocycles. The van der Waals surface area contributed by atoms with E-state index in [1.807, 2.05) is 13.0 Å². The molecule has 0 bridgehead atoms. The molecular formula is C17H24N2O2S3. The van der Waals surface area contributed by atoms with Crippen molar-refractivity contribution in [3.8, 4) is 0 Å². The van der Waals surface area contributed by atoms with Gasteiger partial charge in [0, 0.05) is 17.5 Å². The van der Waals surface area contributed by atoms with Crippen molar-refractivity contribution in [1.82, 2.24) is 9.62 Å². The van der Waals surface area contributed by atoms with Gasteiger partial charge >= 0.3 is 0 Å². The number of aryl methyl sites for hydroxylation is 1. The first-order valence-electron chi connectivity index (χ1n) is 8.44. The second kappa shape index (κ2) is 8.10. The van der Waals surface area contributed by atoms with Crippen LogP contribution < -0.4 is 4.72 Å². The van der Waals surface area contributed by atoms with Gasteiger partial charge in [-0.2, -0.15) is 11.3 Å². The van der Waals surface area contributed by atoms with E-state index in [-0.39, 0.29) is 6.04 Å². The fourth-order valence-corrected chi connectivity index (χ4v) is 6.19. The molecule has 1 N–H and O–H groups in total. The van der Waals surface area contributed by atoms with E-state index in [1.54, 1.807) is 17.4 Å². The third-order valence-electron chi connectivity index (χ3n) is 4.48. The van der Waals surface area contributed by atoms with E-state index in [1.165, 1.54) is 36.2 Å². The van der Waals surface area contributed by atoms with Crippen LogP contribution in [0.2, 0.25) is 0 Å². The molecular weight excluding hydrogens is 360 g/mol. The van der Waals surface area contributed by atoms with Gasteiger partial charge in [-0.1, -0.05) is 13.3 Å². The second-order valence-corrected chi connectivity index (χ2v) is 10.0. The Bertz CT molecular complexity index is 732. The van der Waals surface area contributed by atoms with Gasteiger partial charge in [0.05, 0.1) is 0 Å². The zero-order chi connectivity index (χ0) is 17.0. The summed E-state index contributed by atoms with van der Waals surface area (Å²) in [4.78, 5) is 3.51. The zero-order valence-corrected chi connectivity index (χ0v) is 16.4. The molecule has 3 heterocycles. The summed E-state index contributed by atoms with van der Waals surface area (Å²) in [6.45, 7) is 4.56. The first-order chi connectivity index (χ1) is 11.6. The minimum Gasteiger partial charge on any atom is -0.295 e. The fraction of sp³-hybridized carbons (Fsp3) is 0.529. The van der Waals surface area contributed by atoms with Crippen LogP contribution in [-0.2, 0) is 16.4 Å². The van der Waals surface area contributed by atoms with Gasteiger partial charge in [0.25, 0.3) is 0 Å². The summed E-state index contributed by atoms with van der Waals surface area (Å²) in [7, 11) is -3.43. The highest BCUT2D eigenvalue weighted by Crippen LogP contribution is 2.27. The summed E-state index contributed by atoms with van der Waals surface area (Å²) in [6.07, 6.45) is 4.52. The Morgan fingerprint density at radius 3 is 2.62 bits per heavy atom. The molecule has 3 rings (SSSR count). The average Bonchev–Trinajstić information content (AvgIpc) is 3.28. The van der Waals surface area contributed by atoms with Crippen molar-refractivity contribution >= 4 is 32.7 Å². The van der Waals surface area contributed by atoms with Crippen LogP contribution in [0.15, 0.2) is 33.2 Å². The number of thiophene rings is 2. The molecule has 0 aliphatic carbocycles. The molecule has 1 aliphatic heterocycles. The zero-order valence-electron chi connectivity index (χ0n) is 13.9. The summed E-state index contributed by atoms with van der Waals surface area (Å²) in [5.41, 5.74) is 1.21. The van der Waals surface area contributed by atoms with Crippen molar-refractivity contribution in [3.63, 3.8) is 0 Å². The molecule has 24 heavy (non-hydrogen) atoms. The van der Waals surface area contributed by atoms with Crippen LogP contribution in [0.5, 0.6) is 0 Å². The molecule has 2 aromatic rings. The van der Waals surface area contributed by atoms with Gasteiger partial charge in [0.2, 0.25) is 10.0 Å². The van der Waals surface area contributed by atoms with Crippen LogP contribution in [0.4, 0.5) is 0 Å². The smallest absolute Gasteiger partial charge is 0.250 e. The molecule has 4 nitrogen and oxygen atoms in total. The maximum Gasteiger partial charge on any atom is 0.250 e. The van der Waals surface area contributed by atoms with Crippen LogP contribution in [0, 0.1) is 0 Å². The number of hydrogen-bond acceptors (Lipinski definition) is 5. The fourth-order valence-electron chi connectivity index (χ4n) is 3.10. The molecule has 7 heteroatoms. The lowest BCUT2D eigenvalue weighted by Gasteiger charge is -2.34. The summed E-state index contributed by atoms with van der Waals surface area (Å²) < 4.78 is 28.5. The van der Waals surface area contributed by atoms with E-state index in [4.69, 9.17) is 0 Å². The summed E-state index contributed by atoms with van der Waals surface area (Å²) in [5.74, 6) is 0. The van der Waals surface area contributed by atoms with Gasteiger partial charge < -0.3 is 0 Å². The van der Waals surface area contributed by atoms with Crippen molar-refractivity contribution in [2.24, 2.45) is 0 Å². The molecule has 0 spiro atoms. The third kappa shape index (κ3) is 4.26. The quantitative estimate of drug-likeness (QED) is 0.788. The Labute approximate surface area is 152 Å². The standard InChI is InChI=1S/C17H24N2O2S3/c1-2-15-6-7-17(23-15)24(20,21)18-12-16(14-8-11-22-13-14)19-9-4-3-5-10-19/h6-8,11,13,16,18H,2-5,9-10,12H2,1H3. The van der Waals surface area contributed by atoms with Crippen LogP contribution in [0.1, 0.15) is 42.7 Å². The van der Waals surface area contributed by atoms with E-state index in [9.17, 15) is 8.42 Å². The van der Waals surface area contributed by atoms with Crippen LogP contribution >= 0.6 is 22.7 Å². The Morgan fingerprint density at radius 2 is 2.00 bits per heavy atom. The van der Waals surface area contributed by atoms with Crippen molar-refractivity contribution in [2.75, 3.05) is 19.6 Å². The van der Waals surface area contributed by atoms with Gasteiger partial charge in [-0.25, -0.2) is 13.1 Å². The van der Waals surface area contributed by atoms with E-state index in [0.717, 1.165) is 24.4 Å². The Kier molecular flexibility index (Phi) is 6.10. The molecule has 0 radical (unpaired) electrons. The highest BCUT2D eigenvalue weighted by molar-refractivity contribution is 7.91. The van der Waals surface area contributed by atoms with Crippen molar-refractivity contribution in [3.05, 3.63) is 39.4 Å². The van der Waals surface area contributed by atoms with Gasteiger partial charge in [0.15, 0.2) is 0 Å². The average molecular weight is 385 g/mol.